The fourth-order valence-corrected chi connectivity index (χ4v) is 4.16. The summed E-state index contributed by atoms with van der Waals surface area (Å²) in [6, 6.07) is 16.6. The molecule has 0 saturated heterocycles. The van der Waals surface area contributed by atoms with Gasteiger partial charge in [-0.2, -0.15) is 0 Å². The lowest BCUT2D eigenvalue weighted by Crippen LogP contribution is -2.32. The molecule has 0 saturated carbocycles. The van der Waals surface area contributed by atoms with E-state index < -0.39 is 27.0 Å². The van der Waals surface area contributed by atoms with E-state index >= 15 is 0 Å². The highest BCUT2D eigenvalue weighted by Gasteiger charge is 2.32. The highest BCUT2D eigenvalue weighted by atomic mass is 32.2. The van der Waals surface area contributed by atoms with E-state index in [4.69, 9.17) is 9.15 Å². The van der Waals surface area contributed by atoms with Gasteiger partial charge in [0.15, 0.2) is 9.84 Å². The van der Waals surface area contributed by atoms with Crippen molar-refractivity contribution in [2.24, 2.45) is 0 Å². The Morgan fingerprint density at radius 3 is 2.39 bits per heavy atom. The SMILES string of the molecule is O=C(NCC(c1ccco1)S(=O)(=O)c1ccc(F)cc1)OCc1ccccc1. The number of carbonyl (C=O) groups excluding carboxylic acids is 1. The molecule has 1 aromatic heterocycles. The third-order valence-electron chi connectivity index (χ3n) is 4.02. The number of amides is 1. The summed E-state index contributed by atoms with van der Waals surface area (Å²) in [5.41, 5.74) is 0.805. The van der Waals surface area contributed by atoms with Crippen LogP contribution in [0.25, 0.3) is 0 Å². The van der Waals surface area contributed by atoms with E-state index in [-0.39, 0.29) is 23.8 Å². The average Bonchev–Trinajstić information content (AvgIpc) is 3.22. The van der Waals surface area contributed by atoms with Crippen LogP contribution in [-0.4, -0.2) is 21.1 Å². The van der Waals surface area contributed by atoms with Crippen molar-refractivity contribution < 1.29 is 26.8 Å². The van der Waals surface area contributed by atoms with Crippen LogP contribution >= 0.6 is 0 Å². The number of nitrogens with one attached hydrogen (secondary N) is 1. The van der Waals surface area contributed by atoms with E-state index in [2.05, 4.69) is 5.32 Å². The van der Waals surface area contributed by atoms with Crippen molar-refractivity contribution in [2.45, 2.75) is 16.8 Å². The van der Waals surface area contributed by atoms with Crippen LogP contribution in [-0.2, 0) is 21.2 Å². The highest BCUT2D eigenvalue weighted by Crippen LogP contribution is 2.29. The molecule has 28 heavy (non-hydrogen) atoms. The fraction of sp³-hybridized carbons (Fsp3) is 0.150. The second-order valence-corrected chi connectivity index (χ2v) is 8.08. The lowest BCUT2D eigenvalue weighted by molar-refractivity contribution is 0.139. The van der Waals surface area contributed by atoms with E-state index in [1.165, 1.54) is 24.5 Å². The van der Waals surface area contributed by atoms with Gasteiger partial charge in [-0.15, -0.1) is 0 Å². The van der Waals surface area contributed by atoms with Gasteiger partial charge in [-0.05, 0) is 42.0 Å². The summed E-state index contributed by atoms with van der Waals surface area (Å²) in [7, 11) is -3.93. The first-order valence-corrected chi connectivity index (χ1v) is 9.99. The molecular formula is C20H18FNO5S. The van der Waals surface area contributed by atoms with Gasteiger partial charge in [0.2, 0.25) is 0 Å². The van der Waals surface area contributed by atoms with Gasteiger partial charge >= 0.3 is 6.09 Å². The van der Waals surface area contributed by atoms with Gasteiger partial charge < -0.3 is 14.5 Å². The standard InChI is InChI=1S/C20H18FNO5S/c21-16-8-10-17(11-9-16)28(24,25)19(18-7-4-12-26-18)13-22-20(23)27-14-15-5-2-1-3-6-15/h1-12,19H,13-14H2,(H,22,23). The second-order valence-electron chi connectivity index (χ2n) is 5.95. The lowest BCUT2D eigenvalue weighted by Gasteiger charge is -2.16. The zero-order valence-electron chi connectivity index (χ0n) is 14.7. The number of halogens is 1. The molecule has 0 bridgehead atoms. The first-order valence-electron chi connectivity index (χ1n) is 8.44. The van der Waals surface area contributed by atoms with Crippen LogP contribution in [0.1, 0.15) is 16.6 Å². The van der Waals surface area contributed by atoms with Crippen molar-refractivity contribution in [1.29, 1.82) is 0 Å². The molecule has 2 aromatic carbocycles. The fourth-order valence-electron chi connectivity index (χ4n) is 2.58. The van der Waals surface area contributed by atoms with Gasteiger partial charge in [-0.1, -0.05) is 30.3 Å². The number of carbonyl (C=O) groups is 1. The van der Waals surface area contributed by atoms with Crippen molar-refractivity contribution in [2.75, 3.05) is 6.54 Å². The number of alkyl carbamates (subject to hydrolysis) is 1. The van der Waals surface area contributed by atoms with Crippen LogP contribution in [0.4, 0.5) is 9.18 Å². The Bertz CT molecular complexity index is 1000. The Morgan fingerprint density at radius 1 is 1.04 bits per heavy atom. The predicted molar refractivity (Wildman–Crippen MR) is 99.7 cm³/mol. The molecule has 1 unspecified atom stereocenters. The lowest BCUT2D eigenvalue weighted by atomic mass is 10.2. The topological polar surface area (TPSA) is 85.6 Å². The number of rotatable bonds is 7. The number of benzene rings is 2. The molecule has 1 heterocycles. The third kappa shape index (κ3) is 4.77. The number of furan rings is 1. The Balaban J connectivity index is 1.71. The van der Waals surface area contributed by atoms with Crippen molar-refractivity contribution in [3.05, 3.63) is 90.1 Å². The van der Waals surface area contributed by atoms with Crippen LogP contribution in [0.5, 0.6) is 0 Å². The second kappa shape index (κ2) is 8.71. The van der Waals surface area contributed by atoms with Gasteiger partial charge in [-0.25, -0.2) is 17.6 Å². The zero-order valence-corrected chi connectivity index (χ0v) is 15.6. The molecule has 0 aliphatic rings. The molecule has 3 aromatic rings. The largest absolute Gasteiger partial charge is 0.468 e. The average molecular weight is 403 g/mol. The molecule has 6 nitrogen and oxygen atoms in total. The minimum Gasteiger partial charge on any atom is -0.468 e. The summed E-state index contributed by atoms with van der Waals surface area (Å²) >= 11 is 0. The van der Waals surface area contributed by atoms with Gasteiger partial charge in [0, 0.05) is 6.54 Å². The molecule has 0 spiro atoms. The Labute approximate surface area is 161 Å². The van der Waals surface area contributed by atoms with Crippen LogP contribution in [0.2, 0.25) is 0 Å². The molecule has 1 atom stereocenters. The summed E-state index contributed by atoms with van der Waals surface area (Å²) in [5.74, 6) is -0.385. The number of ether oxygens (including phenoxy) is 1. The summed E-state index contributed by atoms with van der Waals surface area (Å²) < 4.78 is 49.4. The quantitative estimate of drug-likeness (QED) is 0.606. The molecule has 0 aliphatic carbocycles. The minimum absolute atomic E-state index is 0.0583. The molecule has 1 amide bonds. The number of hydrogen-bond acceptors (Lipinski definition) is 5. The molecule has 146 valence electrons. The molecule has 0 aliphatic heterocycles. The predicted octanol–water partition coefficient (Wildman–Crippen LogP) is 3.86. The molecule has 8 heteroatoms. The third-order valence-corrected chi connectivity index (χ3v) is 6.10. The van der Waals surface area contributed by atoms with E-state index in [9.17, 15) is 17.6 Å². The molecule has 1 N–H and O–H groups in total. The van der Waals surface area contributed by atoms with E-state index in [1.54, 1.807) is 18.2 Å². The smallest absolute Gasteiger partial charge is 0.407 e. The van der Waals surface area contributed by atoms with Crippen molar-refractivity contribution in [3.8, 4) is 0 Å². The van der Waals surface area contributed by atoms with Crippen LogP contribution in [0.3, 0.4) is 0 Å². The van der Waals surface area contributed by atoms with Gasteiger partial charge in [0.1, 0.15) is 23.4 Å². The number of hydrogen-bond donors (Lipinski definition) is 1. The molecule has 3 rings (SSSR count). The normalized spacial score (nSPS) is 12.3. The maximum atomic E-state index is 13.1. The van der Waals surface area contributed by atoms with Gasteiger partial charge in [0.25, 0.3) is 0 Å². The van der Waals surface area contributed by atoms with Crippen molar-refractivity contribution in [3.63, 3.8) is 0 Å². The zero-order chi connectivity index (χ0) is 20.0. The van der Waals surface area contributed by atoms with E-state index in [0.717, 1.165) is 17.7 Å². The molecule has 0 radical (unpaired) electrons. The summed E-state index contributed by atoms with van der Waals surface area (Å²) in [4.78, 5) is 11.9. The highest BCUT2D eigenvalue weighted by molar-refractivity contribution is 7.91. The van der Waals surface area contributed by atoms with Crippen LogP contribution < -0.4 is 5.32 Å². The van der Waals surface area contributed by atoms with Crippen molar-refractivity contribution >= 4 is 15.9 Å². The Morgan fingerprint density at radius 2 is 1.75 bits per heavy atom. The first-order chi connectivity index (χ1) is 13.5. The van der Waals surface area contributed by atoms with Crippen LogP contribution in [0.15, 0.2) is 82.3 Å². The Hall–Kier alpha value is -3.13. The van der Waals surface area contributed by atoms with E-state index in [1.807, 2.05) is 18.2 Å². The van der Waals surface area contributed by atoms with Gasteiger partial charge in [0.05, 0.1) is 11.2 Å². The molecular weight excluding hydrogens is 385 g/mol. The summed E-state index contributed by atoms with van der Waals surface area (Å²) in [6.07, 6.45) is 0.589. The van der Waals surface area contributed by atoms with Crippen LogP contribution in [0, 0.1) is 5.82 Å². The van der Waals surface area contributed by atoms with E-state index in [0.29, 0.717) is 0 Å². The monoisotopic (exact) mass is 403 g/mol. The maximum absolute atomic E-state index is 13.1. The number of sulfone groups is 1. The summed E-state index contributed by atoms with van der Waals surface area (Å²) in [5, 5.41) is 1.27. The molecule has 0 fully saturated rings. The minimum atomic E-state index is -3.93. The Kier molecular flexibility index (Phi) is 6.10. The first kappa shape index (κ1) is 19.6. The summed E-state index contributed by atoms with van der Waals surface area (Å²) in [6.45, 7) is -0.205. The van der Waals surface area contributed by atoms with Gasteiger partial charge in [-0.3, -0.25) is 0 Å². The van der Waals surface area contributed by atoms with Crippen molar-refractivity contribution in [1.82, 2.24) is 5.32 Å². The maximum Gasteiger partial charge on any atom is 0.407 e.